The second-order valence-electron chi connectivity index (χ2n) is 9.86. The van der Waals surface area contributed by atoms with Crippen molar-refractivity contribution in [2.45, 2.75) is 54.8 Å². The summed E-state index contributed by atoms with van der Waals surface area (Å²) in [6.07, 6.45) is 5.70. The average molecular weight is 576 g/mol. The first-order chi connectivity index (χ1) is 17.9. The molecule has 3 aliphatic heterocycles. The monoisotopic (exact) mass is 574 g/mol. The van der Waals surface area contributed by atoms with Gasteiger partial charge in [0.1, 0.15) is 11.6 Å². The highest BCUT2D eigenvalue weighted by Gasteiger charge is 2.77. The number of benzene rings is 1. The maximum atomic E-state index is 14.1. The van der Waals surface area contributed by atoms with E-state index in [2.05, 4.69) is 29.1 Å². The number of likely N-dealkylation sites (tertiary alicyclic amines) is 1. The molecule has 9 heteroatoms. The molecular weight excluding hydrogens is 540 g/mol. The Kier molecular flexibility index (Phi) is 8.87. The van der Waals surface area contributed by atoms with Gasteiger partial charge in [0.25, 0.3) is 0 Å². The predicted octanol–water partition coefficient (Wildman–Crippen LogP) is 2.84. The van der Waals surface area contributed by atoms with Crippen molar-refractivity contribution in [3.05, 3.63) is 61.2 Å². The first-order valence-electron chi connectivity index (χ1n) is 12.8. The maximum Gasteiger partial charge on any atom is 0.312 e. The van der Waals surface area contributed by atoms with Crippen LogP contribution >= 0.6 is 15.9 Å². The minimum atomic E-state index is -1.18. The van der Waals surface area contributed by atoms with Gasteiger partial charge < -0.3 is 24.4 Å². The summed E-state index contributed by atoms with van der Waals surface area (Å²) < 4.78 is 12.0. The number of nitrogens with zero attached hydrogens (tertiary/aromatic N) is 2. The molecule has 3 unspecified atom stereocenters. The van der Waals surface area contributed by atoms with Gasteiger partial charge in [-0.2, -0.15) is 0 Å². The molecule has 4 rings (SSSR count). The normalized spacial score (nSPS) is 29.7. The van der Waals surface area contributed by atoms with Crippen LogP contribution in [0, 0.1) is 11.8 Å². The Morgan fingerprint density at radius 3 is 2.68 bits per heavy atom. The fourth-order valence-electron chi connectivity index (χ4n) is 6.05. The summed E-state index contributed by atoms with van der Waals surface area (Å²) in [5.41, 5.74) is -0.233. The van der Waals surface area contributed by atoms with Crippen LogP contribution in [0.15, 0.2) is 55.6 Å². The number of carbonyl (C=O) groups excluding carboxylic acids is 3. The standard InChI is InChI=1S/C28H35BrN2O6/c1-3-5-6-10-16-36-27(35)21-22-25(33)31(14-15-32)24(28(22)17-20(29)23(21)37-28)26(34)30(13-4-2)18-19-11-8-7-9-12-19/h3-4,7-9,11-12,20-24,32H,1-2,5-6,10,13-18H2/t20?,21-,22-,23-,24?,28?/m0/s1. The number of aliphatic hydroxyl groups excluding tert-OH is 1. The second kappa shape index (κ2) is 11.9. The number of halogens is 1. The Labute approximate surface area is 226 Å². The van der Waals surface area contributed by atoms with E-state index >= 15 is 0 Å². The fraction of sp³-hybridized carbons (Fsp3) is 0.536. The van der Waals surface area contributed by atoms with E-state index in [1.54, 1.807) is 11.0 Å². The molecule has 3 fully saturated rings. The zero-order valence-electron chi connectivity index (χ0n) is 21.0. The number of alkyl halides is 1. The van der Waals surface area contributed by atoms with E-state index in [0.717, 1.165) is 18.4 Å². The Morgan fingerprint density at radius 2 is 2.00 bits per heavy atom. The molecule has 0 aliphatic carbocycles. The Bertz CT molecular complexity index is 1020. The van der Waals surface area contributed by atoms with Crippen molar-refractivity contribution in [2.75, 3.05) is 26.3 Å². The molecule has 6 atom stereocenters. The predicted molar refractivity (Wildman–Crippen MR) is 142 cm³/mol. The van der Waals surface area contributed by atoms with Crippen LogP contribution in [-0.4, -0.2) is 81.6 Å². The highest BCUT2D eigenvalue weighted by molar-refractivity contribution is 9.09. The summed E-state index contributed by atoms with van der Waals surface area (Å²) in [5, 5.41) is 9.78. The summed E-state index contributed by atoms with van der Waals surface area (Å²) in [6, 6.07) is 8.62. The van der Waals surface area contributed by atoms with E-state index in [9.17, 15) is 19.5 Å². The lowest BCUT2D eigenvalue weighted by molar-refractivity contribution is -0.155. The minimum Gasteiger partial charge on any atom is -0.465 e. The highest BCUT2D eigenvalue weighted by atomic mass is 79.9. The van der Waals surface area contributed by atoms with Crippen LogP contribution in [0.2, 0.25) is 0 Å². The third-order valence-corrected chi connectivity index (χ3v) is 8.41. The lowest BCUT2D eigenvalue weighted by Gasteiger charge is -2.37. The Hall–Kier alpha value is -2.49. The number of hydrogen-bond donors (Lipinski definition) is 1. The van der Waals surface area contributed by atoms with Crippen LogP contribution in [-0.2, 0) is 30.4 Å². The molecule has 2 amide bonds. The molecule has 37 heavy (non-hydrogen) atoms. The maximum absolute atomic E-state index is 14.1. The van der Waals surface area contributed by atoms with Crippen molar-refractivity contribution in [3.63, 3.8) is 0 Å². The highest BCUT2D eigenvalue weighted by Crippen LogP contribution is 2.60. The SMILES string of the molecule is C=CCCCCOC(=O)[C@H]1[C@H]2C(=O)N(CCO)C(C(=O)N(CC=C)Cc3ccccc3)C23CC(Br)[C@@H]1O3. The summed E-state index contributed by atoms with van der Waals surface area (Å²) in [4.78, 5) is 44.0. The summed E-state index contributed by atoms with van der Waals surface area (Å²) in [7, 11) is 0. The van der Waals surface area contributed by atoms with Crippen LogP contribution in [0.4, 0.5) is 0 Å². The number of allylic oxidation sites excluding steroid dienone is 1. The van der Waals surface area contributed by atoms with E-state index in [4.69, 9.17) is 9.47 Å². The molecule has 2 bridgehead atoms. The van der Waals surface area contributed by atoms with E-state index in [0.29, 0.717) is 19.4 Å². The van der Waals surface area contributed by atoms with Gasteiger partial charge in [0.05, 0.1) is 31.2 Å². The first kappa shape index (κ1) is 27.5. The lowest BCUT2D eigenvalue weighted by atomic mass is 9.70. The van der Waals surface area contributed by atoms with Crippen molar-refractivity contribution in [1.29, 1.82) is 0 Å². The molecule has 1 spiro atoms. The molecule has 3 heterocycles. The number of ether oxygens (including phenoxy) is 2. The number of rotatable bonds is 13. The topological polar surface area (TPSA) is 96.4 Å². The van der Waals surface area contributed by atoms with Crippen LogP contribution in [0.3, 0.4) is 0 Å². The van der Waals surface area contributed by atoms with Gasteiger partial charge in [0.2, 0.25) is 11.8 Å². The Balaban J connectivity index is 1.62. The second-order valence-corrected chi connectivity index (χ2v) is 11.0. The zero-order chi connectivity index (χ0) is 26.6. The third-order valence-electron chi connectivity index (χ3n) is 7.56. The summed E-state index contributed by atoms with van der Waals surface area (Å²) in [5.74, 6) is -2.76. The summed E-state index contributed by atoms with van der Waals surface area (Å²) >= 11 is 3.65. The van der Waals surface area contributed by atoms with Crippen molar-refractivity contribution < 1.29 is 29.0 Å². The van der Waals surface area contributed by atoms with Gasteiger partial charge in [-0.1, -0.05) is 58.4 Å². The average Bonchev–Trinajstić information content (AvgIpc) is 3.48. The molecule has 8 nitrogen and oxygen atoms in total. The Morgan fingerprint density at radius 1 is 1.24 bits per heavy atom. The fourth-order valence-corrected chi connectivity index (χ4v) is 6.99. The van der Waals surface area contributed by atoms with Gasteiger partial charge in [0.15, 0.2) is 0 Å². The molecule has 0 saturated carbocycles. The van der Waals surface area contributed by atoms with Gasteiger partial charge in [0, 0.05) is 24.5 Å². The summed E-state index contributed by atoms with van der Waals surface area (Å²) in [6.45, 7) is 8.05. The number of esters is 1. The molecule has 3 saturated heterocycles. The van der Waals surface area contributed by atoms with Gasteiger partial charge in [-0.05, 0) is 31.2 Å². The molecule has 3 aliphatic rings. The first-order valence-corrected chi connectivity index (χ1v) is 13.8. The van der Waals surface area contributed by atoms with Crippen LogP contribution in [0.25, 0.3) is 0 Å². The number of fused-ring (bicyclic) bond motifs is 1. The smallest absolute Gasteiger partial charge is 0.312 e. The molecular formula is C28H35BrN2O6. The van der Waals surface area contributed by atoms with Crippen LogP contribution in [0.5, 0.6) is 0 Å². The number of hydrogen-bond acceptors (Lipinski definition) is 6. The van der Waals surface area contributed by atoms with E-state index in [1.807, 2.05) is 36.4 Å². The third kappa shape index (κ3) is 5.13. The minimum absolute atomic E-state index is 0.0228. The number of unbranched alkanes of at least 4 members (excludes halogenated alkanes) is 2. The van der Waals surface area contributed by atoms with Gasteiger partial charge in [-0.15, -0.1) is 13.2 Å². The van der Waals surface area contributed by atoms with Crippen LogP contribution in [0.1, 0.15) is 31.2 Å². The number of amides is 2. The largest absolute Gasteiger partial charge is 0.465 e. The number of carbonyl (C=O) groups is 3. The van der Waals surface area contributed by atoms with Gasteiger partial charge in [-0.3, -0.25) is 14.4 Å². The molecule has 1 aromatic carbocycles. The zero-order valence-corrected chi connectivity index (χ0v) is 22.6. The number of aliphatic hydroxyl groups is 1. The molecule has 0 aromatic heterocycles. The van der Waals surface area contributed by atoms with Crippen molar-refractivity contribution in [2.24, 2.45) is 11.8 Å². The van der Waals surface area contributed by atoms with Crippen LogP contribution < -0.4 is 0 Å². The van der Waals surface area contributed by atoms with Gasteiger partial charge in [-0.25, -0.2) is 0 Å². The van der Waals surface area contributed by atoms with Crippen molar-refractivity contribution in [1.82, 2.24) is 9.80 Å². The molecule has 1 aromatic rings. The van der Waals surface area contributed by atoms with Crippen molar-refractivity contribution in [3.8, 4) is 0 Å². The van der Waals surface area contributed by atoms with Gasteiger partial charge >= 0.3 is 5.97 Å². The van der Waals surface area contributed by atoms with Crippen molar-refractivity contribution >= 4 is 33.7 Å². The molecule has 200 valence electrons. The van der Waals surface area contributed by atoms with E-state index in [-0.39, 0.29) is 42.9 Å². The quantitative estimate of drug-likeness (QED) is 0.168. The molecule has 0 radical (unpaired) electrons. The molecule has 1 N–H and O–H groups in total. The van der Waals surface area contributed by atoms with E-state index in [1.165, 1.54) is 4.90 Å². The lowest BCUT2D eigenvalue weighted by Crippen LogP contribution is -2.56. The van der Waals surface area contributed by atoms with E-state index < -0.39 is 35.6 Å². The number of β-amino-alcohol motifs (C(OH)–C–C–N with tert-alkyl or cyclic N) is 1.